The lowest BCUT2D eigenvalue weighted by Gasteiger charge is -2.21. The molecule has 1 atom stereocenters. The molecule has 0 saturated carbocycles. The van der Waals surface area contributed by atoms with Crippen molar-refractivity contribution in [2.45, 2.75) is 39.0 Å². The van der Waals surface area contributed by atoms with Crippen LogP contribution in [0.4, 0.5) is 5.00 Å². The first kappa shape index (κ1) is 20.9. The fourth-order valence-electron chi connectivity index (χ4n) is 3.64. The summed E-state index contributed by atoms with van der Waals surface area (Å²) < 4.78 is 0. The van der Waals surface area contributed by atoms with Crippen molar-refractivity contribution in [2.24, 2.45) is 11.7 Å². The van der Waals surface area contributed by atoms with Gasteiger partial charge in [-0.25, -0.2) is 0 Å². The topological polar surface area (TPSA) is 72.2 Å². The van der Waals surface area contributed by atoms with Gasteiger partial charge in [-0.15, -0.1) is 11.3 Å². The molecule has 148 valence electrons. The molecule has 2 aromatic rings. The third-order valence-corrected chi connectivity index (χ3v) is 6.78. The first-order valence-electron chi connectivity index (χ1n) is 9.28. The van der Waals surface area contributed by atoms with E-state index in [0.717, 1.165) is 36.1 Å². The normalized spacial score (nSPS) is 16.2. The number of carbonyl (C=O) groups excluding carboxylic acids is 2. The van der Waals surface area contributed by atoms with Crippen LogP contribution in [-0.4, -0.2) is 11.8 Å². The molecule has 1 aliphatic carbocycles. The second kappa shape index (κ2) is 9.12. The van der Waals surface area contributed by atoms with E-state index in [2.05, 4.69) is 12.2 Å². The van der Waals surface area contributed by atoms with Gasteiger partial charge in [0.05, 0.1) is 5.56 Å². The molecule has 3 rings (SSSR count). The molecule has 1 heterocycles. The number of thiophene rings is 1. The Morgan fingerprint density at radius 1 is 1.32 bits per heavy atom. The van der Waals surface area contributed by atoms with Gasteiger partial charge in [-0.3, -0.25) is 9.59 Å². The lowest BCUT2D eigenvalue weighted by molar-refractivity contribution is -0.111. The molecule has 1 aromatic carbocycles. The number of carbonyl (C=O) groups is 2. The Labute approximate surface area is 178 Å². The Morgan fingerprint density at radius 2 is 2.04 bits per heavy atom. The van der Waals surface area contributed by atoms with Crippen molar-refractivity contribution >= 4 is 57.4 Å². The third kappa shape index (κ3) is 4.59. The number of hydrogen-bond donors (Lipinski definition) is 2. The number of fused-ring (bicyclic) bond motifs is 1. The molecule has 0 saturated heterocycles. The highest BCUT2D eigenvalue weighted by atomic mass is 35.5. The Bertz CT molecular complexity index is 916. The largest absolute Gasteiger partial charge is 0.365 e. The molecule has 0 aliphatic heterocycles. The minimum absolute atomic E-state index is 0.359. The van der Waals surface area contributed by atoms with Crippen molar-refractivity contribution in [3.8, 4) is 0 Å². The molecule has 1 unspecified atom stereocenters. The van der Waals surface area contributed by atoms with Crippen LogP contribution in [0.5, 0.6) is 0 Å². The number of anilines is 1. The van der Waals surface area contributed by atoms with E-state index in [1.54, 1.807) is 24.3 Å². The quantitative estimate of drug-likeness (QED) is 0.568. The van der Waals surface area contributed by atoms with Crippen molar-refractivity contribution in [1.29, 1.82) is 0 Å². The van der Waals surface area contributed by atoms with E-state index in [9.17, 15) is 9.59 Å². The third-order valence-electron chi connectivity index (χ3n) is 4.95. The van der Waals surface area contributed by atoms with Crippen LogP contribution in [0.3, 0.4) is 0 Å². The molecule has 3 N–H and O–H groups in total. The minimum atomic E-state index is -0.500. The maximum absolute atomic E-state index is 12.4. The smallest absolute Gasteiger partial charge is 0.251 e. The molecule has 0 spiro atoms. The van der Waals surface area contributed by atoms with Crippen molar-refractivity contribution in [2.75, 3.05) is 5.32 Å². The zero-order valence-corrected chi connectivity index (χ0v) is 17.9. The number of halogens is 2. The van der Waals surface area contributed by atoms with Gasteiger partial charge in [0.15, 0.2) is 0 Å². The number of nitrogens with one attached hydrogen (secondary N) is 1. The monoisotopic (exact) mass is 436 g/mol. The van der Waals surface area contributed by atoms with Crippen LogP contribution >= 0.6 is 34.5 Å². The average Bonchev–Trinajstić information content (AvgIpc) is 2.98. The van der Waals surface area contributed by atoms with Crippen LogP contribution in [0.1, 0.15) is 52.5 Å². The highest BCUT2D eigenvalue weighted by molar-refractivity contribution is 7.17. The second-order valence-corrected chi connectivity index (χ2v) is 8.85. The van der Waals surface area contributed by atoms with Gasteiger partial charge < -0.3 is 11.1 Å². The minimum Gasteiger partial charge on any atom is -0.365 e. The highest BCUT2D eigenvalue weighted by Gasteiger charge is 2.28. The van der Waals surface area contributed by atoms with Crippen LogP contribution in [0.25, 0.3) is 6.08 Å². The molecular weight excluding hydrogens is 415 g/mol. The van der Waals surface area contributed by atoms with E-state index in [1.165, 1.54) is 23.8 Å². The second-order valence-electron chi connectivity index (χ2n) is 6.93. The summed E-state index contributed by atoms with van der Waals surface area (Å²) in [5, 5.41) is 4.26. The zero-order chi connectivity index (χ0) is 20.3. The summed E-state index contributed by atoms with van der Waals surface area (Å²) in [5.74, 6) is -0.232. The lowest BCUT2D eigenvalue weighted by Crippen LogP contribution is -2.19. The molecule has 7 heteroatoms. The van der Waals surface area contributed by atoms with Crippen LogP contribution in [0, 0.1) is 5.92 Å². The number of primary amides is 1. The lowest BCUT2D eigenvalue weighted by atomic mass is 9.84. The van der Waals surface area contributed by atoms with E-state index < -0.39 is 5.91 Å². The number of hydrogen-bond acceptors (Lipinski definition) is 3. The predicted octanol–water partition coefficient (Wildman–Crippen LogP) is 5.71. The summed E-state index contributed by atoms with van der Waals surface area (Å²) in [5.41, 5.74) is 7.64. The number of amides is 2. The first-order valence-corrected chi connectivity index (χ1v) is 10.8. The fourth-order valence-corrected chi connectivity index (χ4v) is 5.53. The standard InChI is InChI=1S/C21H22Cl2N2O2S/c1-2-4-12-7-8-14-17(11-12)28-21(19(14)20(24)27)25-18(26)10-9-13-15(22)5-3-6-16(13)23/h3,5-6,9-10,12H,2,4,7-8,11H2,1H3,(H2,24,27)(H,25,26)/b10-9+. The molecule has 4 nitrogen and oxygen atoms in total. The van der Waals surface area contributed by atoms with Crippen molar-refractivity contribution in [3.05, 3.63) is 55.9 Å². The van der Waals surface area contributed by atoms with Gasteiger partial charge in [-0.2, -0.15) is 0 Å². The molecule has 0 radical (unpaired) electrons. The van der Waals surface area contributed by atoms with Crippen LogP contribution in [0.15, 0.2) is 24.3 Å². The number of rotatable bonds is 6. The Kier molecular flexibility index (Phi) is 6.81. The molecule has 0 fully saturated rings. The van der Waals surface area contributed by atoms with Gasteiger partial charge in [0.1, 0.15) is 5.00 Å². The van der Waals surface area contributed by atoms with Gasteiger partial charge in [0.2, 0.25) is 5.91 Å². The Morgan fingerprint density at radius 3 is 2.68 bits per heavy atom. The van der Waals surface area contributed by atoms with Gasteiger partial charge in [0.25, 0.3) is 5.91 Å². The molecule has 28 heavy (non-hydrogen) atoms. The molecule has 1 aliphatic rings. The SMILES string of the molecule is CCCC1CCc2c(sc(NC(=O)/C=C/c3c(Cl)cccc3Cl)c2C(N)=O)C1. The van der Waals surface area contributed by atoms with Crippen LogP contribution < -0.4 is 11.1 Å². The highest BCUT2D eigenvalue weighted by Crippen LogP contribution is 2.40. The molecular formula is C21H22Cl2N2O2S. The first-order chi connectivity index (χ1) is 13.4. The van der Waals surface area contributed by atoms with E-state index in [-0.39, 0.29) is 5.91 Å². The van der Waals surface area contributed by atoms with Crippen LogP contribution in [-0.2, 0) is 17.6 Å². The number of nitrogens with two attached hydrogens (primary N) is 1. The maximum atomic E-state index is 12.4. The van der Waals surface area contributed by atoms with Gasteiger partial charge >= 0.3 is 0 Å². The van der Waals surface area contributed by atoms with E-state index in [0.29, 0.717) is 32.1 Å². The zero-order valence-electron chi connectivity index (χ0n) is 15.6. The summed E-state index contributed by atoms with van der Waals surface area (Å²) >= 11 is 13.7. The van der Waals surface area contributed by atoms with Crippen molar-refractivity contribution < 1.29 is 9.59 Å². The predicted molar refractivity (Wildman–Crippen MR) is 117 cm³/mol. The Hall–Kier alpha value is -1.82. The van der Waals surface area contributed by atoms with Crippen molar-refractivity contribution in [1.82, 2.24) is 0 Å². The number of benzene rings is 1. The van der Waals surface area contributed by atoms with Crippen molar-refractivity contribution in [3.63, 3.8) is 0 Å². The van der Waals surface area contributed by atoms with Gasteiger partial charge in [-0.05, 0) is 49.0 Å². The summed E-state index contributed by atoms with van der Waals surface area (Å²) in [6.45, 7) is 2.18. The fraction of sp³-hybridized carbons (Fsp3) is 0.333. The summed E-state index contributed by atoms with van der Waals surface area (Å²) in [6.07, 6.45) is 8.06. The van der Waals surface area contributed by atoms with Gasteiger partial charge in [0, 0.05) is 26.6 Å². The average molecular weight is 437 g/mol. The summed E-state index contributed by atoms with van der Waals surface area (Å²) in [6, 6.07) is 5.15. The maximum Gasteiger partial charge on any atom is 0.251 e. The summed E-state index contributed by atoms with van der Waals surface area (Å²) in [7, 11) is 0. The Balaban J connectivity index is 1.81. The van der Waals surface area contributed by atoms with E-state index >= 15 is 0 Å². The van der Waals surface area contributed by atoms with Gasteiger partial charge in [-0.1, -0.05) is 49.0 Å². The van der Waals surface area contributed by atoms with E-state index in [1.807, 2.05) is 0 Å². The molecule has 0 bridgehead atoms. The summed E-state index contributed by atoms with van der Waals surface area (Å²) in [4.78, 5) is 25.6. The molecule has 1 aromatic heterocycles. The van der Waals surface area contributed by atoms with Crippen LogP contribution in [0.2, 0.25) is 10.0 Å². The van der Waals surface area contributed by atoms with E-state index in [4.69, 9.17) is 28.9 Å². The molecule has 2 amide bonds.